The number of piperidine rings is 1. The lowest BCUT2D eigenvalue weighted by Crippen LogP contribution is -2.55. The summed E-state index contributed by atoms with van der Waals surface area (Å²) >= 11 is 0. The SMILES string of the molecule is C/C1=C/C=C/[C@H](C)[C@H](O)[C@@H](C)[C@@H](O)[C@@H](C)[C@H](C)[C@H](C)[C@@H](C)/C=C/O[C@@]2(C)Oc3c(C)c(O)c4c(c3C2=O)C2=NC3(CCN(CC(C)C)CC3)N(C(=O)OCc3cc(C)c(OC(=O)CCC(C=O)C=O)c(C)c3)C2=C(NC1=O)C4=O. The molecule has 1 spiro atoms. The summed E-state index contributed by atoms with van der Waals surface area (Å²) in [5, 5.41) is 38.1. The van der Waals surface area contributed by atoms with Crippen LogP contribution >= 0.6 is 0 Å². The highest BCUT2D eigenvalue weighted by atomic mass is 16.7. The van der Waals surface area contributed by atoms with Crippen molar-refractivity contribution in [3.05, 3.63) is 98.6 Å². The zero-order valence-electron chi connectivity index (χ0n) is 47.8. The molecule has 2 amide bonds. The molecule has 5 aliphatic heterocycles. The second-order valence-corrected chi connectivity index (χ2v) is 23.2. The molecule has 6 aliphatic rings. The Kier molecular flexibility index (Phi) is 18.1. The molecule has 2 aromatic carbocycles. The van der Waals surface area contributed by atoms with Crippen LogP contribution in [-0.4, -0.2) is 116 Å². The van der Waals surface area contributed by atoms with E-state index in [1.807, 2.05) is 27.7 Å². The highest BCUT2D eigenvalue weighted by Gasteiger charge is 2.58. The van der Waals surface area contributed by atoms with Gasteiger partial charge in [0.15, 0.2) is 0 Å². The second kappa shape index (κ2) is 23.9. The van der Waals surface area contributed by atoms with E-state index in [2.05, 4.69) is 31.0 Å². The number of aliphatic hydroxyl groups is 2. The maximum Gasteiger partial charge on any atom is 0.416 e. The second-order valence-electron chi connectivity index (χ2n) is 23.2. The third-order valence-electron chi connectivity index (χ3n) is 17.0. The van der Waals surface area contributed by atoms with E-state index >= 15 is 14.4 Å². The molecule has 1 aliphatic carbocycles. The lowest BCUT2D eigenvalue weighted by molar-refractivity contribution is -0.135. The Morgan fingerprint density at radius 2 is 1.52 bits per heavy atom. The summed E-state index contributed by atoms with van der Waals surface area (Å²) < 4.78 is 24.5. The standard InChI is InChI=1S/C61H78N4O14/c1-31(2)27-64-22-20-61(21-23-64)63-48-45-46-53(71)41(12)56-47(45)57(73)60(13,79-56)77-24-19-32(3)37(8)38(9)39(10)52(70)40(11)51(69)33(4)15-14-16-34(5)58(74)62-49(54(46)72)50(48)65(61)59(75)76-30-43-25-35(6)55(36(7)26-43)78-44(68)18-17-42(28-66)29-67/h14-16,19,24-26,28-29,31-33,37-40,42,51-52,69-71H,17-18,20-23,27,30H2,1-13H3,(H,62,74)/b15-14+,24-19+,34-16-/t32-,33-,37+,38+,39-,40+,51-,52-,60-/m0/s1. The number of carbonyl (C=O) groups excluding carboxylic acids is 7. The third kappa shape index (κ3) is 11.8. The predicted molar refractivity (Wildman–Crippen MR) is 294 cm³/mol. The first-order chi connectivity index (χ1) is 37.2. The van der Waals surface area contributed by atoms with Gasteiger partial charge < -0.3 is 54.1 Å². The number of fused-ring (bicyclic) bond motifs is 13. The number of benzene rings is 2. The van der Waals surface area contributed by atoms with Crippen LogP contribution in [0.2, 0.25) is 0 Å². The number of carbonyl (C=O) groups is 7. The molecule has 0 aromatic heterocycles. The van der Waals surface area contributed by atoms with Crippen LogP contribution in [0, 0.1) is 68.1 Å². The highest BCUT2D eigenvalue weighted by molar-refractivity contribution is 6.35. The molecule has 18 heteroatoms. The lowest BCUT2D eigenvalue weighted by Gasteiger charge is -2.43. The monoisotopic (exact) mass is 1090 g/mol. The maximum atomic E-state index is 15.5. The van der Waals surface area contributed by atoms with Gasteiger partial charge in [-0.2, -0.15) is 0 Å². The molecule has 426 valence electrons. The average molecular weight is 1090 g/mol. The van der Waals surface area contributed by atoms with Gasteiger partial charge in [0.25, 0.3) is 11.7 Å². The topological polar surface area (TPSA) is 248 Å². The summed E-state index contributed by atoms with van der Waals surface area (Å²) in [6.07, 6.45) is 6.57. The number of Topliss-reactive ketones (excluding diaryl/α,β-unsaturated/α-hetero) is 2. The predicted octanol–water partition coefficient (Wildman–Crippen LogP) is 8.31. The fourth-order valence-electron chi connectivity index (χ4n) is 11.6. The van der Waals surface area contributed by atoms with Crippen LogP contribution in [-0.2, 0) is 35.3 Å². The number of hydrogen-bond acceptors (Lipinski definition) is 16. The van der Waals surface area contributed by atoms with Crippen LogP contribution in [0.5, 0.6) is 17.2 Å². The smallest absolute Gasteiger partial charge is 0.416 e. The van der Waals surface area contributed by atoms with Gasteiger partial charge in [-0.1, -0.05) is 73.6 Å². The Morgan fingerprint density at radius 3 is 2.14 bits per heavy atom. The van der Waals surface area contributed by atoms with E-state index in [1.54, 1.807) is 51.1 Å². The first-order valence-corrected chi connectivity index (χ1v) is 27.5. The molecule has 4 N–H and O–H groups in total. The van der Waals surface area contributed by atoms with Gasteiger partial charge in [-0.3, -0.25) is 24.2 Å². The number of esters is 1. The van der Waals surface area contributed by atoms with Crippen molar-refractivity contribution in [1.82, 2.24) is 15.1 Å². The van der Waals surface area contributed by atoms with Crippen molar-refractivity contribution in [2.75, 3.05) is 19.6 Å². The Hall–Kier alpha value is -6.76. The van der Waals surface area contributed by atoms with E-state index in [1.165, 1.54) is 38.0 Å². The minimum absolute atomic E-state index is 0.00199. The minimum Gasteiger partial charge on any atom is -0.507 e. The molecular weight excluding hydrogens is 1010 g/mol. The molecule has 0 radical (unpaired) electrons. The van der Waals surface area contributed by atoms with Gasteiger partial charge in [0.05, 0.1) is 41.2 Å². The van der Waals surface area contributed by atoms with Gasteiger partial charge in [-0.05, 0) is 98.6 Å². The van der Waals surface area contributed by atoms with Crippen LogP contribution < -0.4 is 14.8 Å². The number of amides is 2. The largest absolute Gasteiger partial charge is 0.507 e. The first kappa shape index (κ1) is 59.9. The van der Waals surface area contributed by atoms with E-state index in [9.17, 15) is 34.5 Å². The van der Waals surface area contributed by atoms with Gasteiger partial charge in [-0.25, -0.2) is 9.69 Å². The fraction of sp³-hybridized carbons (Fsp3) is 0.541. The average Bonchev–Trinajstić information content (AvgIpc) is 3.14. The number of aromatic hydroxyl groups is 1. The number of ketones is 2. The van der Waals surface area contributed by atoms with Crippen molar-refractivity contribution in [1.29, 1.82) is 0 Å². The molecular formula is C61H78N4O14. The Bertz CT molecular complexity index is 2910. The van der Waals surface area contributed by atoms with Crippen LogP contribution in [0.1, 0.15) is 143 Å². The number of likely N-dealkylation sites (tertiary alicyclic amines) is 1. The van der Waals surface area contributed by atoms with Gasteiger partial charge >= 0.3 is 17.8 Å². The molecule has 0 saturated carbocycles. The third-order valence-corrected chi connectivity index (χ3v) is 17.0. The number of aldehydes is 2. The molecule has 5 heterocycles. The summed E-state index contributed by atoms with van der Waals surface area (Å²) in [6.45, 7) is 25.2. The number of allylic oxidation sites excluding steroid dienone is 5. The van der Waals surface area contributed by atoms with Crippen LogP contribution in [0.25, 0.3) is 0 Å². The molecule has 0 unspecified atom stereocenters. The maximum absolute atomic E-state index is 15.5. The number of aliphatic hydroxyl groups excluding tert-OH is 2. The van der Waals surface area contributed by atoms with Crippen molar-refractivity contribution >= 4 is 47.8 Å². The lowest BCUT2D eigenvalue weighted by atomic mass is 9.72. The summed E-state index contributed by atoms with van der Waals surface area (Å²) in [6, 6.07) is 3.36. The number of ether oxygens (including phenoxy) is 4. The summed E-state index contributed by atoms with van der Waals surface area (Å²) in [7, 11) is 0. The van der Waals surface area contributed by atoms with Crippen LogP contribution in [0.3, 0.4) is 0 Å². The van der Waals surface area contributed by atoms with Gasteiger partial charge in [0.1, 0.15) is 53.5 Å². The molecule has 9 atom stereocenters. The Morgan fingerprint density at radius 1 is 0.873 bits per heavy atom. The summed E-state index contributed by atoms with van der Waals surface area (Å²) in [5.41, 5.74) is -0.744. The van der Waals surface area contributed by atoms with Crippen LogP contribution in [0.15, 0.2) is 64.7 Å². The number of nitrogens with one attached hydrogen (secondary N) is 1. The number of aryl methyl sites for hydroxylation is 2. The Balaban J connectivity index is 1.36. The van der Waals surface area contributed by atoms with E-state index in [-0.39, 0.29) is 107 Å². The number of rotatable bonds is 10. The molecule has 1 fully saturated rings. The van der Waals surface area contributed by atoms with Crippen LogP contribution in [0.4, 0.5) is 4.79 Å². The van der Waals surface area contributed by atoms with Crippen molar-refractivity contribution in [3.8, 4) is 17.2 Å². The van der Waals surface area contributed by atoms with Gasteiger partial charge in [-0.15, -0.1) is 0 Å². The molecule has 79 heavy (non-hydrogen) atoms. The summed E-state index contributed by atoms with van der Waals surface area (Å²) in [4.78, 5) is 104. The van der Waals surface area contributed by atoms with Crippen molar-refractivity contribution < 1.29 is 67.8 Å². The summed E-state index contributed by atoms with van der Waals surface area (Å²) in [5.74, 6) is -7.28. The Labute approximate surface area is 463 Å². The zero-order chi connectivity index (χ0) is 58.2. The van der Waals surface area contributed by atoms with E-state index in [0.717, 1.165) is 6.54 Å². The quantitative estimate of drug-likeness (QED) is 0.0756. The number of hydrogen-bond donors (Lipinski definition) is 4. The number of phenols is 1. The van der Waals surface area contributed by atoms with Gasteiger partial charge in [0.2, 0.25) is 5.78 Å². The number of aliphatic imine (C=N–C) groups is 1. The molecule has 2 aromatic rings. The van der Waals surface area contributed by atoms with E-state index < -0.39 is 82.4 Å². The van der Waals surface area contributed by atoms with E-state index in [0.29, 0.717) is 48.3 Å². The van der Waals surface area contributed by atoms with Crippen molar-refractivity contribution in [3.63, 3.8) is 0 Å². The van der Waals surface area contributed by atoms with Crippen molar-refractivity contribution in [2.24, 2.45) is 52.3 Å². The highest BCUT2D eigenvalue weighted by Crippen LogP contribution is 2.53. The normalized spacial score (nSPS) is 28.8. The van der Waals surface area contributed by atoms with Gasteiger partial charge in [0, 0.05) is 74.4 Å². The molecule has 18 nitrogen and oxygen atoms in total. The molecule has 8 rings (SSSR count). The zero-order valence-corrected chi connectivity index (χ0v) is 47.8. The fourth-order valence-corrected chi connectivity index (χ4v) is 11.6. The minimum atomic E-state index is -2.01. The van der Waals surface area contributed by atoms with E-state index in [4.69, 9.17) is 23.9 Å². The molecule has 1 saturated heterocycles. The number of phenolic OH excluding ortho intramolecular Hbond substituents is 1. The first-order valence-electron chi connectivity index (χ1n) is 27.5. The van der Waals surface area contributed by atoms with Crippen molar-refractivity contribution in [2.45, 2.75) is 146 Å². The molecule has 5 bridgehead atoms. The number of nitrogens with zero attached hydrogens (tertiary/aromatic N) is 3.